The van der Waals surface area contributed by atoms with Gasteiger partial charge in [-0.05, 0) is 6.92 Å². The van der Waals surface area contributed by atoms with Gasteiger partial charge in [-0.1, -0.05) is 0 Å². The summed E-state index contributed by atoms with van der Waals surface area (Å²) in [7, 11) is 0. The summed E-state index contributed by atoms with van der Waals surface area (Å²) in [6.07, 6.45) is -0.927. The van der Waals surface area contributed by atoms with Crippen LogP contribution in [-0.4, -0.2) is 45.2 Å². The Morgan fingerprint density at radius 1 is 1.58 bits per heavy atom. The highest BCUT2D eigenvalue weighted by molar-refractivity contribution is 5.12. The maximum atomic E-state index is 11.7. The molecule has 0 unspecified atom stereocenters. The minimum absolute atomic E-state index is 0.00707. The molecule has 0 spiro atoms. The molecular formula is C11H16N2O6. The third-order valence-corrected chi connectivity index (χ3v) is 2.93. The van der Waals surface area contributed by atoms with Crippen molar-refractivity contribution in [2.45, 2.75) is 31.8 Å². The monoisotopic (exact) mass is 272 g/mol. The summed E-state index contributed by atoms with van der Waals surface area (Å²) in [5, 5.41) is 18.6. The van der Waals surface area contributed by atoms with E-state index in [0.717, 1.165) is 4.57 Å². The van der Waals surface area contributed by atoms with Crippen LogP contribution in [0.2, 0.25) is 0 Å². The van der Waals surface area contributed by atoms with Crippen molar-refractivity contribution in [3.8, 4) is 5.75 Å². The number of aliphatic hydroxyl groups excluding tert-OH is 2. The van der Waals surface area contributed by atoms with Crippen LogP contribution in [0, 0.1) is 0 Å². The van der Waals surface area contributed by atoms with Crippen LogP contribution in [0.3, 0.4) is 0 Å². The predicted molar refractivity (Wildman–Crippen MR) is 64.1 cm³/mol. The second-order valence-corrected chi connectivity index (χ2v) is 4.21. The van der Waals surface area contributed by atoms with Crippen LogP contribution in [0.4, 0.5) is 0 Å². The molecular weight excluding hydrogens is 256 g/mol. The topological polar surface area (TPSA) is 114 Å². The van der Waals surface area contributed by atoms with Crippen LogP contribution in [0.25, 0.3) is 0 Å². The third-order valence-electron chi connectivity index (χ3n) is 2.93. The molecule has 0 bridgehead atoms. The number of aromatic amines is 1. The fraction of sp³-hybridized carbons (Fsp3) is 0.636. The van der Waals surface area contributed by atoms with Gasteiger partial charge in [0, 0.05) is 6.42 Å². The first-order valence-electron chi connectivity index (χ1n) is 5.99. The number of nitrogens with zero attached hydrogens (tertiary/aromatic N) is 1. The van der Waals surface area contributed by atoms with Gasteiger partial charge in [0.25, 0.3) is 5.56 Å². The van der Waals surface area contributed by atoms with E-state index in [1.807, 2.05) is 0 Å². The van der Waals surface area contributed by atoms with E-state index < -0.39 is 29.7 Å². The number of aromatic nitrogens is 2. The lowest BCUT2D eigenvalue weighted by molar-refractivity contribution is -0.0461. The van der Waals surface area contributed by atoms with Crippen LogP contribution in [0.15, 0.2) is 15.8 Å². The zero-order valence-electron chi connectivity index (χ0n) is 10.4. The maximum absolute atomic E-state index is 11.7. The fourth-order valence-electron chi connectivity index (χ4n) is 1.99. The first-order valence-corrected chi connectivity index (χ1v) is 5.99. The van der Waals surface area contributed by atoms with E-state index in [2.05, 4.69) is 4.98 Å². The highest BCUT2D eigenvalue weighted by Crippen LogP contribution is 2.27. The van der Waals surface area contributed by atoms with Gasteiger partial charge < -0.3 is 19.7 Å². The normalized spacial score (nSPS) is 26.6. The molecule has 106 valence electrons. The lowest BCUT2D eigenvalue weighted by atomic mass is 10.2. The summed E-state index contributed by atoms with van der Waals surface area (Å²) < 4.78 is 11.6. The predicted octanol–water partition coefficient (Wildman–Crippen LogP) is -1.42. The molecule has 0 aromatic carbocycles. The first-order chi connectivity index (χ1) is 9.06. The Balaban J connectivity index is 2.33. The van der Waals surface area contributed by atoms with Crippen LogP contribution < -0.4 is 16.0 Å². The highest BCUT2D eigenvalue weighted by Gasteiger charge is 2.35. The van der Waals surface area contributed by atoms with Gasteiger partial charge in [0.2, 0.25) is 5.75 Å². The summed E-state index contributed by atoms with van der Waals surface area (Å²) in [4.78, 5) is 25.3. The van der Waals surface area contributed by atoms with Crippen LogP contribution in [-0.2, 0) is 4.74 Å². The van der Waals surface area contributed by atoms with Crippen molar-refractivity contribution >= 4 is 0 Å². The SMILES string of the molecule is CCOc1cn([C@H]2C[C@H](O)[C@@H](CO)O2)c(=O)[nH]c1=O. The van der Waals surface area contributed by atoms with Gasteiger partial charge in [-0.15, -0.1) is 0 Å². The van der Waals surface area contributed by atoms with Crippen molar-refractivity contribution in [1.29, 1.82) is 0 Å². The van der Waals surface area contributed by atoms with E-state index in [1.165, 1.54) is 6.20 Å². The van der Waals surface area contributed by atoms with Crippen molar-refractivity contribution in [3.05, 3.63) is 27.0 Å². The molecule has 2 heterocycles. The summed E-state index contributed by atoms with van der Waals surface area (Å²) in [6, 6.07) is 0. The average Bonchev–Trinajstić information content (AvgIpc) is 2.74. The average molecular weight is 272 g/mol. The van der Waals surface area contributed by atoms with Crippen LogP contribution in [0.5, 0.6) is 5.75 Å². The van der Waals surface area contributed by atoms with E-state index in [1.54, 1.807) is 6.92 Å². The Hall–Kier alpha value is -1.64. The molecule has 0 amide bonds. The molecule has 1 aliphatic heterocycles. The molecule has 3 atom stereocenters. The van der Waals surface area contributed by atoms with Gasteiger partial charge in [-0.3, -0.25) is 14.3 Å². The molecule has 8 nitrogen and oxygen atoms in total. The minimum Gasteiger partial charge on any atom is -0.487 e. The number of H-pyrrole nitrogens is 1. The number of rotatable bonds is 4. The number of hydrogen-bond acceptors (Lipinski definition) is 6. The third kappa shape index (κ3) is 2.70. The Morgan fingerprint density at radius 3 is 2.89 bits per heavy atom. The van der Waals surface area contributed by atoms with Crippen molar-refractivity contribution in [2.75, 3.05) is 13.2 Å². The quantitative estimate of drug-likeness (QED) is 0.619. The zero-order valence-corrected chi connectivity index (χ0v) is 10.4. The number of ether oxygens (including phenoxy) is 2. The van der Waals surface area contributed by atoms with Gasteiger partial charge in [0.15, 0.2) is 0 Å². The fourth-order valence-corrected chi connectivity index (χ4v) is 1.99. The summed E-state index contributed by atoms with van der Waals surface area (Å²) in [5.41, 5.74) is -1.26. The molecule has 2 rings (SSSR count). The molecule has 0 saturated carbocycles. The molecule has 1 aliphatic rings. The number of nitrogens with one attached hydrogen (secondary N) is 1. The largest absolute Gasteiger partial charge is 0.487 e. The molecule has 1 fully saturated rings. The Labute approximate surface area is 108 Å². The summed E-state index contributed by atoms with van der Waals surface area (Å²) in [5.74, 6) is 0.00707. The Kier molecular flexibility index (Phi) is 4.03. The van der Waals surface area contributed by atoms with E-state index in [4.69, 9.17) is 14.6 Å². The van der Waals surface area contributed by atoms with Gasteiger partial charge >= 0.3 is 5.69 Å². The maximum Gasteiger partial charge on any atom is 0.330 e. The van der Waals surface area contributed by atoms with E-state index in [9.17, 15) is 14.7 Å². The zero-order chi connectivity index (χ0) is 14.0. The summed E-state index contributed by atoms with van der Waals surface area (Å²) in [6.45, 7) is 1.66. The molecule has 1 aromatic heterocycles. The molecule has 3 N–H and O–H groups in total. The highest BCUT2D eigenvalue weighted by atomic mass is 16.5. The molecule has 1 aromatic rings. The van der Waals surface area contributed by atoms with E-state index in [-0.39, 0.29) is 25.4 Å². The molecule has 1 saturated heterocycles. The molecule has 0 radical (unpaired) electrons. The number of aliphatic hydroxyl groups is 2. The molecule has 0 aliphatic carbocycles. The molecule has 19 heavy (non-hydrogen) atoms. The minimum atomic E-state index is -0.857. The molecule has 8 heteroatoms. The lowest BCUT2D eigenvalue weighted by Gasteiger charge is -2.15. The first kappa shape index (κ1) is 13.8. The van der Waals surface area contributed by atoms with E-state index >= 15 is 0 Å². The van der Waals surface area contributed by atoms with Gasteiger partial charge in [0.1, 0.15) is 12.3 Å². The van der Waals surface area contributed by atoms with Crippen molar-refractivity contribution in [3.63, 3.8) is 0 Å². The smallest absolute Gasteiger partial charge is 0.330 e. The van der Waals surface area contributed by atoms with Crippen molar-refractivity contribution in [1.82, 2.24) is 9.55 Å². The van der Waals surface area contributed by atoms with Gasteiger partial charge in [-0.2, -0.15) is 0 Å². The summed E-state index contributed by atoms with van der Waals surface area (Å²) >= 11 is 0. The van der Waals surface area contributed by atoms with Crippen molar-refractivity contribution < 1.29 is 19.7 Å². The standard InChI is InChI=1S/C11H16N2O6/c1-2-18-7-4-13(11(17)12-10(7)16)9-3-6(15)8(5-14)19-9/h4,6,8-9,14-15H,2-3,5H2,1H3,(H,12,16,17)/t6-,8+,9+/m0/s1. The second kappa shape index (κ2) is 5.55. The van der Waals surface area contributed by atoms with Gasteiger partial charge in [-0.25, -0.2) is 4.79 Å². The Morgan fingerprint density at radius 2 is 2.32 bits per heavy atom. The Bertz CT molecular complexity index is 551. The van der Waals surface area contributed by atoms with Crippen molar-refractivity contribution in [2.24, 2.45) is 0 Å². The van der Waals surface area contributed by atoms with E-state index in [0.29, 0.717) is 0 Å². The number of hydrogen-bond donors (Lipinski definition) is 3. The van der Waals surface area contributed by atoms with Crippen LogP contribution in [0.1, 0.15) is 19.6 Å². The van der Waals surface area contributed by atoms with Gasteiger partial charge in [0.05, 0.1) is 25.5 Å². The second-order valence-electron chi connectivity index (χ2n) is 4.21. The lowest BCUT2D eigenvalue weighted by Crippen LogP contribution is -2.33. The van der Waals surface area contributed by atoms with Crippen LogP contribution >= 0.6 is 0 Å².